The highest BCUT2D eigenvalue weighted by molar-refractivity contribution is 4.87. The topological polar surface area (TPSA) is 30.5 Å². The summed E-state index contributed by atoms with van der Waals surface area (Å²) in [7, 11) is 0. The second-order valence-corrected chi connectivity index (χ2v) is 7.35. The van der Waals surface area contributed by atoms with Crippen molar-refractivity contribution in [2.45, 2.75) is 71.8 Å². The van der Waals surface area contributed by atoms with E-state index in [9.17, 15) is 0 Å². The van der Waals surface area contributed by atoms with Gasteiger partial charge in [0.25, 0.3) is 0 Å². The number of nitrogens with one attached hydrogen (secondary N) is 1. The van der Waals surface area contributed by atoms with Crippen LogP contribution in [0.4, 0.5) is 0 Å². The lowest BCUT2D eigenvalue weighted by molar-refractivity contribution is -0.138. The lowest BCUT2D eigenvalue weighted by atomic mass is 9.70. The van der Waals surface area contributed by atoms with Crippen LogP contribution in [0.2, 0.25) is 0 Å². The fourth-order valence-electron chi connectivity index (χ4n) is 3.40. The molecule has 0 amide bonds. The molecule has 3 unspecified atom stereocenters. The zero-order valence-electron chi connectivity index (χ0n) is 12.6. The van der Waals surface area contributed by atoms with Crippen LogP contribution in [0.5, 0.6) is 0 Å². The molecule has 0 aromatic carbocycles. The summed E-state index contributed by atoms with van der Waals surface area (Å²) < 4.78 is 11.4. The smallest absolute Gasteiger partial charge is 0.163 e. The van der Waals surface area contributed by atoms with Crippen molar-refractivity contribution in [2.75, 3.05) is 13.2 Å². The standard InChI is InChI=1S/C15H29NO2/c1-11-8-14(2,3)7-6-13(11)16-9-12-10-17-15(4,5)18-12/h11-13,16H,6-10H2,1-5H3. The molecule has 3 heteroatoms. The molecule has 1 N–H and O–H groups in total. The van der Waals surface area contributed by atoms with Crippen molar-refractivity contribution in [1.82, 2.24) is 5.32 Å². The van der Waals surface area contributed by atoms with E-state index in [1.807, 2.05) is 13.8 Å². The maximum absolute atomic E-state index is 5.83. The molecule has 2 fully saturated rings. The molecule has 1 saturated carbocycles. The van der Waals surface area contributed by atoms with E-state index in [1.54, 1.807) is 0 Å². The second kappa shape index (κ2) is 5.10. The monoisotopic (exact) mass is 255 g/mol. The van der Waals surface area contributed by atoms with E-state index in [0.29, 0.717) is 18.1 Å². The minimum atomic E-state index is -0.396. The molecule has 2 rings (SSSR count). The second-order valence-electron chi connectivity index (χ2n) is 7.35. The first-order chi connectivity index (χ1) is 8.27. The number of rotatable bonds is 3. The summed E-state index contributed by atoms with van der Waals surface area (Å²) in [5, 5.41) is 3.68. The van der Waals surface area contributed by atoms with E-state index in [-0.39, 0.29) is 6.10 Å². The molecule has 0 radical (unpaired) electrons. The van der Waals surface area contributed by atoms with Gasteiger partial charge in [-0.15, -0.1) is 0 Å². The van der Waals surface area contributed by atoms with E-state index in [1.165, 1.54) is 19.3 Å². The fraction of sp³-hybridized carbons (Fsp3) is 1.00. The molecule has 0 bridgehead atoms. The van der Waals surface area contributed by atoms with Crippen LogP contribution < -0.4 is 5.32 Å². The Labute approximate surface area is 112 Å². The molecule has 1 saturated heterocycles. The molecule has 106 valence electrons. The summed E-state index contributed by atoms with van der Waals surface area (Å²) in [6, 6.07) is 0.644. The maximum Gasteiger partial charge on any atom is 0.163 e. The molecule has 0 aromatic heterocycles. The average molecular weight is 255 g/mol. The third-order valence-corrected chi connectivity index (χ3v) is 4.37. The Kier molecular flexibility index (Phi) is 4.05. The fourth-order valence-corrected chi connectivity index (χ4v) is 3.40. The maximum atomic E-state index is 5.83. The SMILES string of the molecule is CC1CC(C)(C)CCC1NCC1COC(C)(C)O1. The Morgan fingerprint density at radius 2 is 1.94 bits per heavy atom. The molecule has 1 aliphatic heterocycles. The first-order valence-electron chi connectivity index (χ1n) is 7.33. The normalized spacial score (nSPS) is 38.8. The lowest BCUT2D eigenvalue weighted by Gasteiger charge is -2.40. The average Bonchev–Trinajstić information content (AvgIpc) is 2.56. The van der Waals surface area contributed by atoms with Crippen molar-refractivity contribution in [1.29, 1.82) is 0 Å². The third kappa shape index (κ3) is 3.69. The Morgan fingerprint density at radius 3 is 2.50 bits per heavy atom. The van der Waals surface area contributed by atoms with Crippen molar-refractivity contribution in [2.24, 2.45) is 11.3 Å². The molecule has 3 atom stereocenters. The number of ether oxygens (including phenoxy) is 2. The summed E-state index contributed by atoms with van der Waals surface area (Å²) in [4.78, 5) is 0. The van der Waals surface area contributed by atoms with Crippen molar-refractivity contribution >= 4 is 0 Å². The van der Waals surface area contributed by atoms with Crippen LogP contribution in [0.1, 0.15) is 53.9 Å². The highest BCUT2D eigenvalue weighted by Crippen LogP contribution is 2.38. The molecule has 0 aromatic rings. The number of hydrogen-bond acceptors (Lipinski definition) is 3. The molecule has 1 aliphatic carbocycles. The summed E-state index contributed by atoms with van der Waals surface area (Å²) in [6.45, 7) is 12.7. The van der Waals surface area contributed by atoms with Crippen LogP contribution in [0, 0.1) is 11.3 Å². The predicted molar refractivity (Wildman–Crippen MR) is 73.5 cm³/mol. The highest BCUT2D eigenvalue weighted by Gasteiger charge is 2.35. The van der Waals surface area contributed by atoms with Crippen molar-refractivity contribution in [3.63, 3.8) is 0 Å². The van der Waals surface area contributed by atoms with Gasteiger partial charge >= 0.3 is 0 Å². The van der Waals surface area contributed by atoms with Gasteiger partial charge in [-0.25, -0.2) is 0 Å². The Bertz CT molecular complexity index is 288. The molecular formula is C15H29NO2. The van der Waals surface area contributed by atoms with E-state index in [2.05, 4.69) is 26.1 Å². The summed E-state index contributed by atoms with van der Waals surface area (Å²) in [6.07, 6.45) is 4.13. The molecule has 18 heavy (non-hydrogen) atoms. The highest BCUT2D eigenvalue weighted by atomic mass is 16.7. The van der Waals surface area contributed by atoms with Gasteiger partial charge in [0.05, 0.1) is 12.7 Å². The first-order valence-corrected chi connectivity index (χ1v) is 7.33. The van der Waals surface area contributed by atoms with Crippen molar-refractivity contribution in [3.05, 3.63) is 0 Å². The zero-order chi connectivity index (χ0) is 13.4. The van der Waals surface area contributed by atoms with Crippen LogP contribution in [-0.2, 0) is 9.47 Å². The predicted octanol–water partition coefficient (Wildman–Crippen LogP) is 2.94. The van der Waals surface area contributed by atoms with Crippen molar-refractivity contribution < 1.29 is 9.47 Å². The quantitative estimate of drug-likeness (QED) is 0.841. The minimum Gasteiger partial charge on any atom is -0.348 e. The lowest BCUT2D eigenvalue weighted by Crippen LogP contribution is -2.45. The van der Waals surface area contributed by atoms with Gasteiger partial charge < -0.3 is 14.8 Å². The molecule has 0 spiro atoms. The molecule has 1 heterocycles. The van der Waals surface area contributed by atoms with Gasteiger partial charge in [0.15, 0.2) is 5.79 Å². The van der Waals surface area contributed by atoms with Gasteiger partial charge in [0.1, 0.15) is 0 Å². The van der Waals surface area contributed by atoms with Crippen LogP contribution in [0.25, 0.3) is 0 Å². The largest absolute Gasteiger partial charge is 0.348 e. The van der Waals surface area contributed by atoms with Crippen LogP contribution in [-0.4, -0.2) is 31.1 Å². The van der Waals surface area contributed by atoms with Crippen molar-refractivity contribution in [3.8, 4) is 0 Å². The number of hydrogen-bond donors (Lipinski definition) is 1. The third-order valence-electron chi connectivity index (χ3n) is 4.37. The van der Waals surface area contributed by atoms with E-state index in [4.69, 9.17) is 9.47 Å². The summed E-state index contributed by atoms with van der Waals surface area (Å²) in [5.74, 6) is 0.357. The first kappa shape index (κ1) is 14.3. The van der Waals surface area contributed by atoms with E-state index < -0.39 is 5.79 Å². The van der Waals surface area contributed by atoms with Gasteiger partial charge in [-0.05, 0) is 44.4 Å². The Morgan fingerprint density at radius 1 is 1.22 bits per heavy atom. The van der Waals surface area contributed by atoms with Gasteiger partial charge in [-0.3, -0.25) is 0 Å². The van der Waals surface area contributed by atoms with E-state index >= 15 is 0 Å². The summed E-state index contributed by atoms with van der Waals surface area (Å²) in [5.41, 5.74) is 0.520. The van der Waals surface area contributed by atoms with Gasteiger partial charge in [-0.1, -0.05) is 20.8 Å². The van der Waals surface area contributed by atoms with Crippen LogP contribution >= 0.6 is 0 Å². The Hall–Kier alpha value is -0.120. The van der Waals surface area contributed by atoms with E-state index in [0.717, 1.165) is 12.5 Å². The molecule has 2 aliphatic rings. The molecular weight excluding hydrogens is 226 g/mol. The van der Waals surface area contributed by atoms with Gasteiger partial charge in [-0.2, -0.15) is 0 Å². The Balaban J connectivity index is 1.75. The summed E-state index contributed by atoms with van der Waals surface area (Å²) >= 11 is 0. The van der Waals surface area contributed by atoms with Gasteiger partial charge in [0, 0.05) is 12.6 Å². The zero-order valence-corrected chi connectivity index (χ0v) is 12.6. The molecule has 3 nitrogen and oxygen atoms in total. The van der Waals surface area contributed by atoms with Crippen LogP contribution in [0.3, 0.4) is 0 Å². The van der Waals surface area contributed by atoms with Gasteiger partial charge in [0.2, 0.25) is 0 Å². The van der Waals surface area contributed by atoms with Crippen LogP contribution in [0.15, 0.2) is 0 Å². The minimum absolute atomic E-state index is 0.210.